The third kappa shape index (κ3) is 6.24. The van der Waals surface area contributed by atoms with Gasteiger partial charge in [-0.1, -0.05) is 12.1 Å². The van der Waals surface area contributed by atoms with E-state index in [1.807, 2.05) is 6.07 Å². The van der Waals surface area contributed by atoms with E-state index >= 15 is 0 Å². The average molecular weight is 480 g/mol. The summed E-state index contributed by atoms with van der Waals surface area (Å²) in [4.78, 5) is 14.0. The van der Waals surface area contributed by atoms with Crippen LogP contribution in [-0.4, -0.2) is 64.6 Å². The first kappa shape index (κ1) is 24.9. The summed E-state index contributed by atoms with van der Waals surface area (Å²) in [5.41, 5.74) is 1.66. The number of halogens is 4. The normalized spacial score (nSPS) is 23.4. The van der Waals surface area contributed by atoms with Crippen LogP contribution in [0.2, 0.25) is 0 Å². The average Bonchev–Trinajstić information content (AvgIpc) is 2.79. The molecule has 186 valence electrons. The van der Waals surface area contributed by atoms with Crippen molar-refractivity contribution in [1.82, 2.24) is 19.8 Å². The first-order valence-corrected chi connectivity index (χ1v) is 12.1. The van der Waals surface area contributed by atoms with E-state index in [1.165, 1.54) is 18.5 Å². The number of nitrogens with zero attached hydrogens (tertiary/aromatic N) is 5. The number of hydrogen-bond donors (Lipinski definition) is 0. The van der Waals surface area contributed by atoms with E-state index in [-0.39, 0.29) is 5.82 Å². The second-order valence-corrected chi connectivity index (χ2v) is 9.74. The minimum absolute atomic E-state index is 0.179. The molecule has 0 spiro atoms. The molecule has 2 aliphatic rings. The number of piperidine rings is 1. The zero-order chi connectivity index (χ0) is 24.3. The van der Waals surface area contributed by atoms with Gasteiger partial charge in [0.1, 0.15) is 5.82 Å². The molecular formula is C25H33F4N5. The predicted octanol–water partition coefficient (Wildman–Crippen LogP) is 4.84. The highest BCUT2D eigenvalue weighted by Crippen LogP contribution is 2.28. The van der Waals surface area contributed by atoms with Gasteiger partial charge in [0, 0.05) is 31.7 Å². The van der Waals surface area contributed by atoms with Crippen LogP contribution in [0.1, 0.15) is 44.5 Å². The van der Waals surface area contributed by atoms with Gasteiger partial charge in [-0.15, -0.1) is 0 Å². The fourth-order valence-corrected chi connectivity index (χ4v) is 5.30. The Morgan fingerprint density at radius 2 is 1.65 bits per heavy atom. The summed E-state index contributed by atoms with van der Waals surface area (Å²) in [6, 6.07) is 7.43. The van der Waals surface area contributed by atoms with Gasteiger partial charge >= 0.3 is 6.18 Å². The molecule has 3 heterocycles. The topological polar surface area (TPSA) is 35.5 Å². The minimum Gasteiger partial charge on any atom is -0.366 e. The van der Waals surface area contributed by atoms with E-state index in [0.29, 0.717) is 23.7 Å². The molecule has 0 bridgehead atoms. The number of rotatable bonds is 6. The molecule has 2 fully saturated rings. The van der Waals surface area contributed by atoms with Crippen LogP contribution >= 0.6 is 0 Å². The first-order valence-electron chi connectivity index (χ1n) is 12.1. The van der Waals surface area contributed by atoms with Gasteiger partial charge in [-0.25, -0.2) is 14.4 Å². The van der Waals surface area contributed by atoms with E-state index in [9.17, 15) is 17.6 Å². The molecule has 34 heavy (non-hydrogen) atoms. The number of piperazine rings is 1. The van der Waals surface area contributed by atoms with Crippen molar-refractivity contribution in [3.63, 3.8) is 0 Å². The Bertz CT molecular complexity index is 916. The Hall–Kier alpha value is -2.26. The third-order valence-electron chi connectivity index (χ3n) is 7.16. The molecule has 0 unspecified atom stereocenters. The van der Waals surface area contributed by atoms with Gasteiger partial charge in [0.2, 0.25) is 5.82 Å². The van der Waals surface area contributed by atoms with Crippen LogP contribution in [0.3, 0.4) is 0 Å². The Kier molecular flexibility index (Phi) is 7.72. The lowest BCUT2D eigenvalue weighted by atomic mass is 9.92. The summed E-state index contributed by atoms with van der Waals surface area (Å²) in [5, 5.41) is 0. The second kappa shape index (κ2) is 10.6. The van der Waals surface area contributed by atoms with Crippen molar-refractivity contribution in [2.75, 3.05) is 37.6 Å². The number of hydrogen-bond acceptors (Lipinski definition) is 5. The molecule has 2 aliphatic heterocycles. The SMILES string of the molecule is C[C@@H]1CN(c2cnc(C(F)(F)F)nc2)C[C@H](C)N1CCC1CCN(Cc2cccc(F)c2)CC1. The zero-order valence-corrected chi connectivity index (χ0v) is 19.8. The van der Waals surface area contributed by atoms with Crippen molar-refractivity contribution >= 4 is 5.69 Å². The molecule has 5 nitrogen and oxygen atoms in total. The molecule has 9 heteroatoms. The summed E-state index contributed by atoms with van der Waals surface area (Å²) in [7, 11) is 0. The molecule has 0 N–H and O–H groups in total. The van der Waals surface area contributed by atoms with E-state index in [0.717, 1.165) is 64.1 Å². The van der Waals surface area contributed by atoms with Crippen LogP contribution in [0.4, 0.5) is 23.2 Å². The summed E-state index contributed by atoms with van der Waals surface area (Å²) in [6.07, 6.45) is 1.49. The summed E-state index contributed by atoms with van der Waals surface area (Å²) in [5.74, 6) is -0.593. The second-order valence-electron chi connectivity index (χ2n) is 9.74. The van der Waals surface area contributed by atoms with Crippen LogP contribution in [0.15, 0.2) is 36.7 Å². The molecular weight excluding hydrogens is 446 g/mol. The minimum atomic E-state index is -4.52. The number of alkyl halides is 3. The van der Waals surface area contributed by atoms with E-state index < -0.39 is 12.0 Å². The van der Waals surface area contributed by atoms with E-state index in [1.54, 1.807) is 12.1 Å². The van der Waals surface area contributed by atoms with E-state index in [2.05, 4.69) is 38.5 Å². The van der Waals surface area contributed by atoms with Gasteiger partial charge in [0.05, 0.1) is 18.1 Å². The largest absolute Gasteiger partial charge is 0.451 e. The predicted molar refractivity (Wildman–Crippen MR) is 124 cm³/mol. The van der Waals surface area contributed by atoms with Crippen molar-refractivity contribution in [2.45, 2.75) is 57.9 Å². The Morgan fingerprint density at radius 3 is 2.24 bits per heavy atom. The van der Waals surface area contributed by atoms with Crippen LogP contribution in [-0.2, 0) is 12.7 Å². The highest BCUT2D eigenvalue weighted by molar-refractivity contribution is 5.43. The standard InChI is InChI=1S/C25H33F4N5/c1-18-15-33(23-13-30-24(31-14-23)25(27,28)29)16-19(2)34(18)11-8-20-6-9-32(10-7-20)17-21-4-3-5-22(26)12-21/h3-5,12-14,18-20H,6-11,15-17H2,1-2H3/t18-,19+. The van der Waals surface area contributed by atoms with Crippen molar-refractivity contribution < 1.29 is 17.6 Å². The number of likely N-dealkylation sites (tertiary alicyclic amines) is 1. The van der Waals surface area contributed by atoms with Gasteiger partial charge in [0.15, 0.2) is 0 Å². The van der Waals surface area contributed by atoms with Gasteiger partial charge < -0.3 is 4.90 Å². The number of benzene rings is 1. The monoisotopic (exact) mass is 479 g/mol. The van der Waals surface area contributed by atoms with Crippen molar-refractivity contribution in [3.05, 3.63) is 53.9 Å². The van der Waals surface area contributed by atoms with Crippen LogP contribution in [0, 0.1) is 11.7 Å². The summed E-state index contributed by atoms with van der Waals surface area (Å²) >= 11 is 0. The van der Waals surface area contributed by atoms with Crippen LogP contribution in [0.25, 0.3) is 0 Å². The number of aromatic nitrogens is 2. The molecule has 1 aromatic carbocycles. The fraction of sp³-hybridized carbons (Fsp3) is 0.600. The summed E-state index contributed by atoms with van der Waals surface area (Å²) in [6.45, 7) is 9.73. The van der Waals surface area contributed by atoms with Crippen LogP contribution < -0.4 is 4.90 Å². The lowest BCUT2D eigenvalue weighted by Gasteiger charge is -2.46. The van der Waals surface area contributed by atoms with Crippen molar-refractivity contribution in [2.24, 2.45) is 5.92 Å². The maximum Gasteiger partial charge on any atom is 0.451 e. The molecule has 0 radical (unpaired) electrons. The van der Waals surface area contributed by atoms with Crippen molar-refractivity contribution in [1.29, 1.82) is 0 Å². The quantitative estimate of drug-likeness (QED) is 0.555. The molecule has 4 rings (SSSR count). The molecule has 2 saturated heterocycles. The smallest absolute Gasteiger partial charge is 0.366 e. The molecule has 2 atom stereocenters. The molecule has 1 aromatic heterocycles. The van der Waals surface area contributed by atoms with Crippen LogP contribution in [0.5, 0.6) is 0 Å². The maximum absolute atomic E-state index is 13.4. The first-order chi connectivity index (χ1) is 16.2. The van der Waals surface area contributed by atoms with Crippen molar-refractivity contribution in [3.8, 4) is 0 Å². The molecule has 0 aliphatic carbocycles. The third-order valence-corrected chi connectivity index (χ3v) is 7.16. The van der Waals surface area contributed by atoms with E-state index in [4.69, 9.17) is 0 Å². The number of anilines is 1. The fourth-order valence-electron chi connectivity index (χ4n) is 5.30. The zero-order valence-electron chi connectivity index (χ0n) is 19.8. The Balaban J connectivity index is 1.23. The van der Waals surface area contributed by atoms with Gasteiger partial charge in [-0.3, -0.25) is 9.80 Å². The molecule has 0 amide bonds. The highest BCUT2D eigenvalue weighted by Gasteiger charge is 2.35. The van der Waals surface area contributed by atoms with Gasteiger partial charge in [0.25, 0.3) is 0 Å². The Labute approximate surface area is 198 Å². The molecule has 0 saturated carbocycles. The lowest BCUT2D eigenvalue weighted by molar-refractivity contribution is -0.145. The lowest BCUT2D eigenvalue weighted by Crippen LogP contribution is -2.57. The van der Waals surface area contributed by atoms with Gasteiger partial charge in [-0.05, 0) is 76.4 Å². The van der Waals surface area contributed by atoms with Gasteiger partial charge in [-0.2, -0.15) is 13.2 Å². The Morgan fingerprint density at radius 1 is 1.00 bits per heavy atom. The highest BCUT2D eigenvalue weighted by atomic mass is 19.4. The maximum atomic E-state index is 13.4. The summed E-state index contributed by atoms with van der Waals surface area (Å²) < 4.78 is 51.7. The molecule has 2 aromatic rings.